The van der Waals surface area contributed by atoms with Crippen LogP contribution in [-0.4, -0.2) is 25.1 Å². The molecule has 0 radical (unpaired) electrons. The summed E-state index contributed by atoms with van der Waals surface area (Å²) in [5.74, 6) is 0.516. The van der Waals surface area contributed by atoms with Gasteiger partial charge in [0.15, 0.2) is 6.61 Å². The van der Waals surface area contributed by atoms with Gasteiger partial charge >= 0.3 is 0 Å². The lowest BCUT2D eigenvalue weighted by molar-refractivity contribution is -0.115. The number of benzene rings is 1. The minimum atomic E-state index is -0.0608. The van der Waals surface area contributed by atoms with Crippen molar-refractivity contribution in [2.75, 3.05) is 18.5 Å². The Labute approximate surface area is 118 Å². The van der Waals surface area contributed by atoms with Gasteiger partial charge in [-0.3, -0.25) is 4.79 Å². The number of nitriles is 1. The lowest BCUT2D eigenvalue weighted by Crippen LogP contribution is -2.34. The standard InChI is InChI=1S/C15H19N3O2/c16-8-9-20-14-7-3-6-13(10-14)18-15(19)11-17-12-4-1-2-5-12/h3,6-7,10,12,17H,1-2,4-5,9,11H2,(H,18,19). The minimum absolute atomic E-state index is 0.000630. The Balaban J connectivity index is 1.79. The van der Waals surface area contributed by atoms with E-state index in [0.29, 0.717) is 24.0 Å². The van der Waals surface area contributed by atoms with Gasteiger partial charge in [0.05, 0.1) is 6.54 Å². The van der Waals surface area contributed by atoms with Crippen molar-refractivity contribution in [3.8, 4) is 11.8 Å². The third-order valence-corrected chi connectivity index (χ3v) is 3.33. The number of rotatable bonds is 6. The molecule has 0 heterocycles. The molecule has 1 aromatic carbocycles. The van der Waals surface area contributed by atoms with Crippen molar-refractivity contribution < 1.29 is 9.53 Å². The van der Waals surface area contributed by atoms with Crippen molar-refractivity contribution in [2.24, 2.45) is 0 Å². The third-order valence-electron chi connectivity index (χ3n) is 3.33. The molecule has 2 rings (SSSR count). The van der Waals surface area contributed by atoms with Gasteiger partial charge in [-0.2, -0.15) is 5.26 Å². The van der Waals surface area contributed by atoms with Crippen LogP contribution in [0.1, 0.15) is 25.7 Å². The van der Waals surface area contributed by atoms with Crippen molar-refractivity contribution in [3.63, 3.8) is 0 Å². The van der Waals surface area contributed by atoms with Gasteiger partial charge in [0.2, 0.25) is 5.91 Å². The van der Waals surface area contributed by atoms with Gasteiger partial charge in [0.25, 0.3) is 0 Å². The smallest absolute Gasteiger partial charge is 0.238 e. The highest BCUT2D eigenvalue weighted by Gasteiger charge is 2.15. The van der Waals surface area contributed by atoms with Crippen LogP contribution in [0, 0.1) is 11.3 Å². The first-order valence-electron chi connectivity index (χ1n) is 6.91. The topological polar surface area (TPSA) is 74.1 Å². The zero-order valence-electron chi connectivity index (χ0n) is 11.4. The molecule has 0 bridgehead atoms. The molecule has 1 fully saturated rings. The van der Waals surface area contributed by atoms with E-state index < -0.39 is 0 Å². The fraction of sp³-hybridized carbons (Fsp3) is 0.467. The first-order valence-corrected chi connectivity index (χ1v) is 6.91. The molecule has 0 saturated heterocycles. The number of ether oxygens (including phenoxy) is 1. The van der Waals surface area contributed by atoms with Gasteiger partial charge in [-0.25, -0.2) is 0 Å². The average Bonchev–Trinajstić information content (AvgIpc) is 2.97. The van der Waals surface area contributed by atoms with Crippen molar-refractivity contribution in [1.82, 2.24) is 5.32 Å². The number of carbonyl (C=O) groups is 1. The number of hydrogen-bond acceptors (Lipinski definition) is 4. The maximum absolute atomic E-state index is 11.8. The van der Waals surface area contributed by atoms with E-state index in [-0.39, 0.29) is 12.5 Å². The van der Waals surface area contributed by atoms with Crippen molar-refractivity contribution in [3.05, 3.63) is 24.3 Å². The van der Waals surface area contributed by atoms with Crippen LogP contribution in [0.2, 0.25) is 0 Å². The molecule has 0 aromatic heterocycles. The highest BCUT2D eigenvalue weighted by atomic mass is 16.5. The number of anilines is 1. The van der Waals surface area contributed by atoms with Crippen LogP contribution in [0.15, 0.2) is 24.3 Å². The highest BCUT2D eigenvalue weighted by molar-refractivity contribution is 5.92. The quantitative estimate of drug-likeness (QED) is 0.832. The van der Waals surface area contributed by atoms with Crippen LogP contribution in [0.5, 0.6) is 5.75 Å². The molecule has 0 atom stereocenters. The number of nitrogens with zero attached hydrogens (tertiary/aromatic N) is 1. The maximum Gasteiger partial charge on any atom is 0.238 e. The molecule has 5 nitrogen and oxygen atoms in total. The van der Waals surface area contributed by atoms with Crippen molar-refractivity contribution in [1.29, 1.82) is 5.26 Å². The van der Waals surface area contributed by atoms with E-state index in [1.54, 1.807) is 24.3 Å². The molecule has 1 saturated carbocycles. The van der Waals surface area contributed by atoms with Gasteiger partial charge in [0.1, 0.15) is 11.8 Å². The molecule has 106 valence electrons. The lowest BCUT2D eigenvalue weighted by atomic mass is 10.2. The van der Waals surface area contributed by atoms with Crippen molar-refractivity contribution in [2.45, 2.75) is 31.7 Å². The summed E-state index contributed by atoms with van der Waals surface area (Å²) >= 11 is 0. The summed E-state index contributed by atoms with van der Waals surface area (Å²) in [6.07, 6.45) is 4.81. The SMILES string of the molecule is N#CCOc1cccc(NC(=O)CNC2CCCC2)c1. The van der Waals surface area contributed by atoms with Crippen molar-refractivity contribution >= 4 is 11.6 Å². The van der Waals surface area contributed by atoms with Gasteiger partial charge in [0, 0.05) is 17.8 Å². The number of amides is 1. The predicted molar refractivity (Wildman–Crippen MR) is 76.4 cm³/mol. The molecule has 1 aromatic rings. The highest BCUT2D eigenvalue weighted by Crippen LogP contribution is 2.18. The lowest BCUT2D eigenvalue weighted by Gasteiger charge is -2.12. The number of hydrogen-bond donors (Lipinski definition) is 2. The summed E-state index contributed by atoms with van der Waals surface area (Å²) in [7, 11) is 0. The molecule has 1 amide bonds. The van der Waals surface area contributed by atoms with E-state index in [1.165, 1.54) is 12.8 Å². The second-order valence-electron chi connectivity index (χ2n) is 4.89. The maximum atomic E-state index is 11.8. The van der Waals surface area contributed by atoms with E-state index in [4.69, 9.17) is 10.00 Å². The van der Waals surface area contributed by atoms with E-state index in [1.807, 2.05) is 6.07 Å². The second kappa shape index (κ2) is 7.51. The molecular formula is C15H19N3O2. The Morgan fingerprint density at radius 1 is 1.40 bits per heavy atom. The third kappa shape index (κ3) is 4.56. The molecule has 20 heavy (non-hydrogen) atoms. The summed E-state index contributed by atoms with van der Waals surface area (Å²) in [5.41, 5.74) is 0.679. The van der Waals surface area contributed by atoms with Gasteiger partial charge in [-0.15, -0.1) is 0 Å². The summed E-state index contributed by atoms with van der Waals surface area (Å²) < 4.78 is 5.19. The predicted octanol–water partition coefficient (Wildman–Crippen LogP) is 2.06. The molecule has 5 heteroatoms. The Morgan fingerprint density at radius 3 is 2.95 bits per heavy atom. The summed E-state index contributed by atoms with van der Waals surface area (Å²) in [4.78, 5) is 11.8. The van der Waals surface area contributed by atoms with Crippen LogP contribution >= 0.6 is 0 Å². The number of nitrogens with one attached hydrogen (secondary N) is 2. The first kappa shape index (κ1) is 14.4. The van der Waals surface area contributed by atoms with E-state index >= 15 is 0 Å². The fourth-order valence-electron chi connectivity index (χ4n) is 2.35. The van der Waals surface area contributed by atoms with Gasteiger partial charge < -0.3 is 15.4 Å². The van der Waals surface area contributed by atoms with Crippen LogP contribution in [0.25, 0.3) is 0 Å². The Hall–Kier alpha value is -2.06. The fourth-order valence-corrected chi connectivity index (χ4v) is 2.35. The Bertz CT molecular complexity index is 490. The van der Waals surface area contributed by atoms with Gasteiger partial charge in [-0.1, -0.05) is 18.9 Å². The normalized spacial score (nSPS) is 14.8. The molecular weight excluding hydrogens is 254 g/mol. The molecule has 1 aliphatic rings. The summed E-state index contributed by atoms with van der Waals surface area (Å²) in [6.45, 7) is 0.328. The summed E-state index contributed by atoms with van der Waals surface area (Å²) in [5, 5.41) is 14.5. The molecule has 2 N–H and O–H groups in total. The van der Waals surface area contributed by atoms with E-state index in [9.17, 15) is 4.79 Å². The monoisotopic (exact) mass is 273 g/mol. The Morgan fingerprint density at radius 2 is 2.20 bits per heavy atom. The largest absolute Gasteiger partial charge is 0.479 e. The Kier molecular flexibility index (Phi) is 5.39. The zero-order chi connectivity index (χ0) is 14.2. The minimum Gasteiger partial charge on any atom is -0.479 e. The zero-order valence-corrected chi connectivity index (χ0v) is 11.4. The van der Waals surface area contributed by atoms with Crippen LogP contribution in [0.3, 0.4) is 0 Å². The molecule has 0 spiro atoms. The molecule has 0 aliphatic heterocycles. The number of carbonyl (C=O) groups excluding carboxylic acids is 1. The van der Waals surface area contributed by atoms with Crippen LogP contribution in [0.4, 0.5) is 5.69 Å². The van der Waals surface area contributed by atoms with E-state index in [0.717, 1.165) is 12.8 Å². The molecule has 0 unspecified atom stereocenters. The van der Waals surface area contributed by atoms with Gasteiger partial charge in [-0.05, 0) is 25.0 Å². The van der Waals surface area contributed by atoms with E-state index in [2.05, 4.69) is 10.6 Å². The first-order chi connectivity index (χ1) is 9.78. The van der Waals surface area contributed by atoms with Crippen LogP contribution < -0.4 is 15.4 Å². The molecule has 1 aliphatic carbocycles. The second-order valence-corrected chi connectivity index (χ2v) is 4.89. The van der Waals surface area contributed by atoms with Crippen LogP contribution in [-0.2, 0) is 4.79 Å². The summed E-state index contributed by atoms with van der Waals surface area (Å²) in [6, 6.07) is 9.44. The average molecular weight is 273 g/mol.